The lowest BCUT2D eigenvalue weighted by Crippen LogP contribution is -2.11. The molecule has 0 fully saturated rings. The average Bonchev–Trinajstić information content (AvgIpc) is 2.93. The number of halogens is 1. The first-order chi connectivity index (χ1) is 11.3. The summed E-state index contributed by atoms with van der Waals surface area (Å²) in [5.41, 5.74) is 0.806. The minimum atomic E-state index is -0.263. The number of carbonyl (C=O) groups is 1. The van der Waals surface area contributed by atoms with E-state index in [1.54, 1.807) is 0 Å². The first-order valence-corrected chi connectivity index (χ1v) is 8.93. The topological polar surface area (TPSA) is 65.2 Å². The van der Waals surface area contributed by atoms with E-state index in [2.05, 4.69) is 26.1 Å². The molecule has 0 saturated carbocycles. The quantitative estimate of drug-likeness (QED) is 0.710. The van der Waals surface area contributed by atoms with Gasteiger partial charge in [0.25, 0.3) is 5.89 Å². The van der Waals surface area contributed by atoms with Crippen molar-refractivity contribution in [3.8, 4) is 5.75 Å². The Balaban J connectivity index is 1.81. The van der Waals surface area contributed by atoms with Crippen LogP contribution in [-0.4, -0.2) is 22.6 Å². The van der Waals surface area contributed by atoms with Crippen molar-refractivity contribution in [2.45, 2.75) is 51.4 Å². The Kier molecular flexibility index (Phi) is 4.76. The van der Waals surface area contributed by atoms with Crippen LogP contribution in [0.1, 0.15) is 68.1 Å². The van der Waals surface area contributed by atoms with Crippen molar-refractivity contribution in [1.29, 1.82) is 0 Å². The van der Waals surface area contributed by atoms with Crippen LogP contribution in [0.3, 0.4) is 0 Å². The van der Waals surface area contributed by atoms with Crippen molar-refractivity contribution in [2.24, 2.45) is 0 Å². The molecule has 1 aromatic carbocycles. The lowest BCUT2D eigenvalue weighted by atomic mass is 9.89. The fraction of sp³-hybridized carbons (Fsp3) is 0.500. The van der Waals surface area contributed by atoms with Crippen LogP contribution >= 0.6 is 15.9 Å². The van der Waals surface area contributed by atoms with Gasteiger partial charge < -0.3 is 9.15 Å². The third-order valence-electron chi connectivity index (χ3n) is 4.11. The Bertz CT molecular complexity index is 749. The number of Topliss-reactive ketones (excluding diaryl/α,β-unsaturated/α-hetero) is 1. The van der Waals surface area contributed by atoms with Gasteiger partial charge in [0.2, 0.25) is 11.7 Å². The number of fused-ring (bicyclic) bond motifs is 1. The van der Waals surface area contributed by atoms with Crippen molar-refractivity contribution >= 4 is 21.7 Å². The van der Waals surface area contributed by atoms with Gasteiger partial charge in [-0.2, -0.15) is 0 Å². The van der Waals surface area contributed by atoms with Gasteiger partial charge in [0, 0.05) is 16.3 Å². The molecular weight excluding hydrogens is 372 g/mol. The molecule has 0 bridgehead atoms. The number of nitrogens with zero attached hydrogens (tertiary/aromatic N) is 2. The van der Waals surface area contributed by atoms with Crippen molar-refractivity contribution in [2.75, 3.05) is 6.61 Å². The number of ether oxygens (including phenoxy) is 1. The molecule has 6 heteroatoms. The van der Waals surface area contributed by atoms with Gasteiger partial charge in [-0.1, -0.05) is 42.8 Å². The summed E-state index contributed by atoms with van der Waals surface area (Å²) in [6.45, 7) is 6.60. The molecule has 1 aromatic heterocycles. The van der Waals surface area contributed by atoms with Crippen LogP contribution in [0.4, 0.5) is 0 Å². The van der Waals surface area contributed by atoms with Gasteiger partial charge in [0.05, 0.1) is 6.61 Å². The van der Waals surface area contributed by atoms with Gasteiger partial charge in [0.15, 0.2) is 0 Å². The number of rotatable bonds is 3. The second kappa shape index (κ2) is 6.67. The average molecular weight is 393 g/mol. The van der Waals surface area contributed by atoms with Crippen LogP contribution in [0.25, 0.3) is 0 Å². The van der Waals surface area contributed by atoms with E-state index in [0.717, 1.165) is 28.6 Å². The number of benzene rings is 1. The zero-order chi connectivity index (χ0) is 17.3. The highest BCUT2D eigenvalue weighted by molar-refractivity contribution is 9.10. The van der Waals surface area contributed by atoms with Crippen LogP contribution in [-0.2, 0) is 5.41 Å². The van der Waals surface area contributed by atoms with Gasteiger partial charge >= 0.3 is 0 Å². The van der Waals surface area contributed by atoms with Gasteiger partial charge in [-0.25, -0.2) is 0 Å². The van der Waals surface area contributed by atoms with E-state index in [4.69, 9.17) is 9.15 Å². The maximum Gasteiger partial charge on any atom is 0.284 e. The van der Waals surface area contributed by atoms with Crippen LogP contribution in [0, 0.1) is 0 Å². The Labute approximate surface area is 149 Å². The zero-order valence-electron chi connectivity index (χ0n) is 14.1. The number of hydrogen-bond donors (Lipinski definition) is 0. The monoisotopic (exact) mass is 392 g/mol. The van der Waals surface area contributed by atoms with Crippen LogP contribution in [0.5, 0.6) is 5.75 Å². The maximum absolute atomic E-state index is 12.6. The fourth-order valence-electron chi connectivity index (χ4n) is 2.80. The van der Waals surface area contributed by atoms with Gasteiger partial charge in [-0.05, 0) is 36.5 Å². The largest absolute Gasteiger partial charge is 0.493 e. The minimum Gasteiger partial charge on any atom is -0.493 e. The summed E-state index contributed by atoms with van der Waals surface area (Å²) >= 11 is 3.46. The fourth-order valence-corrected chi connectivity index (χ4v) is 3.14. The summed E-state index contributed by atoms with van der Waals surface area (Å²) in [7, 11) is 0. The molecule has 0 spiro atoms. The third-order valence-corrected chi connectivity index (χ3v) is 4.60. The highest BCUT2D eigenvalue weighted by atomic mass is 79.9. The van der Waals surface area contributed by atoms with Crippen molar-refractivity contribution < 1.29 is 13.9 Å². The normalized spacial score (nSPS) is 17.8. The summed E-state index contributed by atoms with van der Waals surface area (Å²) < 4.78 is 12.4. The molecular formula is C18H21BrN2O3. The first kappa shape index (κ1) is 17.1. The van der Waals surface area contributed by atoms with E-state index < -0.39 is 0 Å². The highest BCUT2D eigenvalue weighted by Crippen LogP contribution is 2.37. The Morgan fingerprint density at radius 2 is 2.12 bits per heavy atom. The lowest BCUT2D eigenvalue weighted by molar-refractivity contribution is 0.0935. The predicted octanol–water partition coefficient (Wildman–Crippen LogP) is 4.66. The van der Waals surface area contributed by atoms with E-state index in [9.17, 15) is 4.79 Å². The minimum absolute atomic E-state index is 0.101. The first-order valence-electron chi connectivity index (χ1n) is 8.14. The summed E-state index contributed by atoms with van der Waals surface area (Å²) in [5, 5.41) is 7.94. The van der Waals surface area contributed by atoms with E-state index in [-0.39, 0.29) is 23.0 Å². The molecule has 3 rings (SSSR count). The van der Waals surface area contributed by atoms with Crippen LogP contribution < -0.4 is 4.74 Å². The molecule has 2 heterocycles. The van der Waals surface area contributed by atoms with Gasteiger partial charge in [-0.15, -0.1) is 10.2 Å². The van der Waals surface area contributed by atoms with Gasteiger partial charge in [0.1, 0.15) is 5.75 Å². The molecule has 2 aromatic rings. The summed E-state index contributed by atoms with van der Waals surface area (Å²) in [6.07, 6.45) is 2.17. The molecule has 128 valence electrons. The molecule has 5 nitrogen and oxygen atoms in total. The van der Waals surface area contributed by atoms with Gasteiger partial charge in [-0.3, -0.25) is 4.79 Å². The number of carbonyl (C=O) groups excluding carboxylic acids is 1. The van der Waals surface area contributed by atoms with Crippen molar-refractivity contribution in [1.82, 2.24) is 10.2 Å². The molecule has 0 N–H and O–H groups in total. The summed E-state index contributed by atoms with van der Waals surface area (Å²) in [5.74, 6) is 1.43. The Hall–Kier alpha value is -1.69. The zero-order valence-corrected chi connectivity index (χ0v) is 15.7. The van der Waals surface area contributed by atoms with E-state index >= 15 is 0 Å². The second-order valence-electron chi connectivity index (χ2n) is 7.16. The predicted molar refractivity (Wildman–Crippen MR) is 93.6 cm³/mol. The van der Waals surface area contributed by atoms with Crippen LogP contribution in [0.15, 0.2) is 27.1 Å². The van der Waals surface area contributed by atoms with E-state index in [1.165, 1.54) is 0 Å². The second-order valence-corrected chi connectivity index (χ2v) is 8.08. The van der Waals surface area contributed by atoms with Crippen molar-refractivity contribution in [3.05, 3.63) is 40.0 Å². The molecule has 0 radical (unpaired) electrons. The molecule has 0 saturated heterocycles. The van der Waals surface area contributed by atoms with E-state index in [0.29, 0.717) is 18.9 Å². The summed E-state index contributed by atoms with van der Waals surface area (Å²) in [6, 6.07) is 5.97. The van der Waals surface area contributed by atoms with Crippen LogP contribution in [0.2, 0.25) is 0 Å². The highest BCUT2D eigenvalue weighted by Gasteiger charge is 2.27. The third kappa shape index (κ3) is 3.69. The molecule has 24 heavy (non-hydrogen) atoms. The molecule has 1 aliphatic heterocycles. The van der Waals surface area contributed by atoms with Crippen molar-refractivity contribution in [3.63, 3.8) is 0 Å². The number of aromatic nitrogens is 2. The van der Waals surface area contributed by atoms with E-state index in [1.807, 2.05) is 39.0 Å². The molecule has 1 unspecified atom stereocenters. The lowest BCUT2D eigenvalue weighted by Gasteiger charge is -2.15. The number of hydrogen-bond acceptors (Lipinski definition) is 5. The molecule has 1 aliphatic rings. The molecule has 0 aliphatic carbocycles. The maximum atomic E-state index is 12.6. The standard InChI is InChI=1S/C18H21BrN2O3/c1-18(2,3)17-21-20-16(24-17)14(22)9-11-5-4-8-23-15-10-12(19)6-7-13(11)15/h6-7,10-11H,4-5,8-9H2,1-3H3. The SMILES string of the molecule is CC(C)(C)c1nnc(C(=O)CC2CCCOc3cc(Br)ccc32)o1. The Morgan fingerprint density at radius 1 is 1.33 bits per heavy atom. The molecule has 0 amide bonds. The molecule has 1 atom stereocenters. The number of ketones is 1. The Morgan fingerprint density at radius 3 is 2.83 bits per heavy atom. The smallest absolute Gasteiger partial charge is 0.284 e. The summed E-state index contributed by atoms with van der Waals surface area (Å²) in [4.78, 5) is 12.6.